The van der Waals surface area contributed by atoms with Crippen molar-refractivity contribution in [3.63, 3.8) is 0 Å². The molecule has 0 aromatic carbocycles. The highest BCUT2D eigenvalue weighted by atomic mass is 32.2. The first-order valence-electron chi connectivity index (χ1n) is 6.27. The molecule has 1 heterocycles. The lowest BCUT2D eigenvalue weighted by Gasteiger charge is -2.46. The van der Waals surface area contributed by atoms with E-state index >= 15 is 0 Å². The standard InChI is InChI=1S/C12H24N2S/c1-12(10-13,9-11-3-2-4-11)14-5-7-15-8-6-14/h11H,2-10,13H2,1H3. The topological polar surface area (TPSA) is 29.3 Å². The van der Waals surface area contributed by atoms with Crippen LogP contribution < -0.4 is 5.73 Å². The molecule has 2 rings (SSSR count). The van der Waals surface area contributed by atoms with Crippen molar-refractivity contribution in [2.45, 2.75) is 38.1 Å². The summed E-state index contributed by atoms with van der Waals surface area (Å²) in [4.78, 5) is 2.64. The molecular weight excluding hydrogens is 204 g/mol. The van der Waals surface area contributed by atoms with Gasteiger partial charge in [-0.05, 0) is 19.3 Å². The first-order chi connectivity index (χ1) is 7.24. The van der Waals surface area contributed by atoms with Crippen LogP contribution in [0.3, 0.4) is 0 Å². The normalized spacial score (nSPS) is 28.4. The van der Waals surface area contributed by atoms with Crippen LogP contribution in [0.2, 0.25) is 0 Å². The van der Waals surface area contributed by atoms with Gasteiger partial charge in [-0.25, -0.2) is 0 Å². The minimum Gasteiger partial charge on any atom is -0.329 e. The van der Waals surface area contributed by atoms with E-state index in [2.05, 4.69) is 23.6 Å². The number of thioether (sulfide) groups is 1. The Morgan fingerprint density at radius 1 is 1.33 bits per heavy atom. The summed E-state index contributed by atoms with van der Waals surface area (Å²) in [7, 11) is 0. The maximum atomic E-state index is 6.02. The quantitative estimate of drug-likeness (QED) is 0.797. The number of hydrogen-bond donors (Lipinski definition) is 1. The molecule has 0 aromatic rings. The van der Waals surface area contributed by atoms with Crippen molar-refractivity contribution in [2.75, 3.05) is 31.1 Å². The smallest absolute Gasteiger partial charge is 0.0306 e. The maximum absolute atomic E-state index is 6.02. The summed E-state index contributed by atoms with van der Waals surface area (Å²) in [6.45, 7) is 5.69. The van der Waals surface area contributed by atoms with Crippen molar-refractivity contribution in [3.05, 3.63) is 0 Å². The van der Waals surface area contributed by atoms with Crippen molar-refractivity contribution in [2.24, 2.45) is 11.7 Å². The summed E-state index contributed by atoms with van der Waals surface area (Å²) in [5.41, 5.74) is 6.30. The predicted molar refractivity (Wildman–Crippen MR) is 68.3 cm³/mol. The van der Waals surface area contributed by atoms with Crippen LogP contribution in [0, 0.1) is 5.92 Å². The Labute approximate surface area is 98.0 Å². The van der Waals surface area contributed by atoms with Crippen LogP contribution in [0.25, 0.3) is 0 Å². The number of rotatable bonds is 4. The van der Waals surface area contributed by atoms with Gasteiger partial charge in [-0.3, -0.25) is 4.90 Å². The first kappa shape index (κ1) is 11.7. The second kappa shape index (κ2) is 5.07. The molecular formula is C12H24N2S. The van der Waals surface area contributed by atoms with E-state index in [0.29, 0.717) is 0 Å². The van der Waals surface area contributed by atoms with Gasteiger partial charge in [0.25, 0.3) is 0 Å². The molecule has 0 bridgehead atoms. The van der Waals surface area contributed by atoms with E-state index in [1.807, 2.05) is 0 Å². The van der Waals surface area contributed by atoms with Gasteiger partial charge >= 0.3 is 0 Å². The number of nitrogens with zero attached hydrogens (tertiary/aromatic N) is 1. The molecule has 88 valence electrons. The van der Waals surface area contributed by atoms with E-state index in [0.717, 1.165) is 12.5 Å². The Hall–Kier alpha value is 0.270. The Morgan fingerprint density at radius 2 is 2.00 bits per heavy atom. The molecule has 1 aliphatic carbocycles. The second-order valence-corrected chi connectivity index (χ2v) is 6.53. The fourth-order valence-corrected chi connectivity index (χ4v) is 3.67. The van der Waals surface area contributed by atoms with Crippen molar-refractivity contribution >= 4 is 11.8 Å². The van der Waals surface area contributed by atoms with Crippen LogP contribution in [0.15, 0.2) is 0 Å². The Balaban J connectivity index is 1.91. The molecule has 2 aliphatic rings. The number of nitrogens with two attached hydrogens (primary N) is 1. The molecule has 0 amide bonds. The molecule has 1 atom stereocenters. The first-order valence-corrected chi connectivity index (χ1v) is 7.43. The fraction of sp³-hybridized carbons (Fsp3) is 1.00. The van der Waals surface area contributed by atoms with Gasteiger partial charge in [0, 0.05) is 36.7 Å². The van der Waals surface area contributed by atoms with Crippen LogP contribution in [0.5, 0.6) is 0 Å². The molecule has 15 heavy (non-hydrogen) atoms. The van der Waals surface area contributed by atoms with Gasteiger partial charge in [-0.2, -0.15) is 11.8 Å². The fourth-order valence-electron chi connectivity index (χ4n) is 2.76. The lowest BCUT2D eigenvalue weighted by Crippen LogP contribution is -2.55. The van der Waals surface area contributed by atoms with Gasteiger partial charge in [0.1, 0.15) is 0 Å². The summed E-state index contributed by atoms with van der Waals surface area (Å²) >= 11 is 2.08. The summed E-state index contributed by atoms with van der Waals surface area (Å²) in [6.07, 6.45) is 5.66. The zero-order valence-corrected chi connectivity index (χ0v) is 10.7. The van der Waals surface area contributed by atoms with E-state index in [9.17, 15) is 0 Å². The zero-order chi connectivity index (χ0) is 10.7. The highest BCUT2D eigenvalue weighted by Gasteiger charge is 2.35. The molecule has 1 aliphatic heterocycles. The van der Waals surface area contributed by atoms with Gasteiger partial charge in [0.15, 0.2) is 0 Å². The van der Waals surface area contributed by atoms with Crippen molar-refractivity contribution in [1.29, 1.82) is 0 Å². The third-order valence-electron chi connectivity index (χ3n) is 4.17. The van der Waals surface area contributed by atoms with Crippen molar-refractivity contribution in [1.82, 2.24) is 4.90 Å². The summed E-state index contributed by atoms with van der Waals surface area (Å²) < 4.78 is 0. The SMILES string of the molecule is CC(CN)(CC1CCC1)N1CCSCC1. The second-order valence-electron chi connectivity index (χ2n) is 5.30. The number of hydrogen-bond acceptors (Lipinski definition) is 3. The Bertz CT molecular complexity index is 200. The summed E-state index contributed by atoms with van der Waals surface area (Å²) in [5.74, 6) is 3.55. The molecule has 2 nitrogen and oxygen atoms in total. The van der Waals surface area contributed by atoms with E-state index in [-0.39, 0.29) is 5.54 Å². The summed E-state index contributed by atoms with van der Waals surface area (Å²) in [6, 6.07) is 0. The molecule has 1 saturated carbocycles. The van der Waals surface area contributed by atoms with Crippen LogP contribution in [0.1, 0.15) is 32.6 Å². The monoisotopic (exact) mass is 228 g/mol. The van der Waals surface area contributed by atoms with Crippen LogP contribution in [0.4, 0.5) is 0 Å². The van der Waals surface area contributed by atoms with E-state index in [4.69, 9.17) is 5.73 Å². The maximum Gasteiger partial charge on any atom is 0.0306 e. The molecule has 2 fully saturated rings. The Morgan fingerprint density at radius 3 is 2.47 bits per heavy atom. The average Bonchev–Trinajstić information content (AvgIpc) is 2.24. The molecule has 1 unspecified atom stereocenters. The highest BCUT2D eigenvalue weighted by molar-refractivity contribution is 7.99. The van der Waals surface area contributed by atoms with Gasteiger partial charge in [0.2, 0.25) is 0 Å². The molecule has 0 radical (unpaired) electrons. The zero-order valence-electron chi connectivity index (χ0n) is 9.87. The van der Waals surface area contributed by atoms with Crippen LogP contribution in [-0.4, -0.2) is 41.6 Å². The third kappa shape index (κ3) is 2.69. The van der Waals surface area contributed by atoms with Gasteiger partial charge in [-0.15, -0.1) is 0 Å². The van der Waals surface area contributed by atoms with Crippen molar-refractivity contribution in [3.8, 4) is 0 Å². The lowest BCUT2D eigenvalue weighted by molar-refractivity contribution is 0.0772. The highest BCUT2D eigenvalue weighted by Crippen LogP contribution is 2.36. The summed E-state index contributed by atoms with van der Waals surface area (Å²) in [5, 5.41) is 0. The van der Waals surface area contributed by atoms with Crippen molar-refractivity contribution < 1.29 is 0 Å². The largest absolute Gasteiger partial charge is 0.329 e. The van der Waals surface area contributed by atoms with Crippen LogP contribution >= 0.6 is 11.8 Å². The van der Waals surface area contributed by atoms with E-state index < -0.39 is 0 Å². The van der Waals surface area contributed by atoms with Crippen LogP contribution in [-0.2, 0) is 0 Å². The molecule has 0 aromatic heterocycles. The average molecular weight is 228 g/mol. The van der Waals surface area contributed by atoms with Gasteiger partial charge in [-0.1, -0.05) is 19.3 Å². The van der Waals surface area contributed by atoms with E-state index in [1.54, 1.807) is 0 Å². The lowest BCUT2D eigenvalue weighted by atomic mass is 9.76. The molecule has 1 saturated heterocycles. The Kier molecular flexibility index (Phi) is 3.97. The minimum absolute atomic E-state index is 0.284. The predicted octanol–water partition coefficient (Wildman–Crippen LogP) is 1.94. The minimum atomic E-state index is 0.284. The molecule has 2 N–H and O–H groups in total. The molecule has 3 heteroatoms. The van der Waals surface area contributed by atoms with Gasteiger partial charge in [0.05, 0.1) is 0 Å². The van der Waals surface area contributed by atoms with E-state index in [1.165, 1.54) is 50.3 Å². The third-order valence-corrected chi connectivity index (χ3v) is 5.11. The van der Waals surface area contributed by atoms with Gasteiger partial charge < -0.3 is 5.73 Å². The molecule has 0 spiro atoms.